The summed E-state index contributed by atoms with van der Waals surface area (Å²) in [6.45, 7) is 13.8. The first-order chi connectivity index (χ1) is 18.4. The molecule has 1 unspecified atom stereocenters. The van der Waals surface area contributed by atoms with Crippen LogP contribution in [0, 0.1) is 6.92 Å². The van der Waals surface area contributed by atoms with Gasteiger partial charge >= 0.3 is 5.97 Å². The van der Waals surface area contributed by atoms with Gasteiger partial charge < -0.3 is 25.1 Å². The molecule has 2 heterocycles. The Morgan fingerprint density at radius 3 is 2.33 bits per heavy atom. The zero-order valence-corrected chi connectivity index (χ0v) is 24.9. The summed E-state index contributed by atoms with van der Waals surface area (Å²) in [5, 5.41) is 12.1. The number of aromatic nitrogens is 3. The van der Waals surface area contributed by atoms with Crippen molar-refractivity contribution in [1.29, 1.82) is 0 Å². The van der Waals surface area contributed by atoms with Crippen molar-refractivity contribution in [3.05, 3.63) is 51.7 Å². The van der Waals surface area contributed by atoms with E-state index in [-0.39, 0.29) is 39.3 Å². The number of nitrogens with zero attached hydrogens (tertiary/aromatic N) is 3. The summed E-state index contributed by atoms with van der Waals surface area (Å²) in [4.78, 5) is 37.6. The number of carbonyl (C=O) groups excluding carboxylic acids is 3. The minimum absolute atomic E-state index is 0.00551. The molecule has 2 aromatic heterocycles. The van der Waals surface area contributed by atoms with Crippen molar-refractivity contribution in [2.75, 3.05) is 11.1 Å². The third kappa shape index (κ3) is 7.39. The number of thioether (sulfide) groups is 1. The molecule has 0 aliphatic rings. The number of primary amides is 1. The summed E-state index contributed by atoms with van der Waals surface area (Å²) in [7, 11) is 0. The number of esters is 1. The van der Waals surface area contributed by atoms with Crippen LogP contribution in [0.3, 0.4) is 0 Å². The highest BCUT2D eigenvalue weighted by atomic mass is 32.2. The van der Waals surface area contributed by atoms with Crippen LogP contribution in [0.1, 0.15) is 90.5 Å². The lowest BCUT2D eigenvalue weighted by molar-refractivity contribution is -0.113. The number of hydrogen-bond donors (Lipinski definition) is 2. The van der Waals surface area contributed by atoms with Crippen LogP contribution in [-0.2, 0) is 16.1 Å². The molecule has 39 heavy (non-hydrogen) atoms. The minimum atomic E-state index is -0.679. The maximum absolute atomic E-state index is 12.9. The molecule has 0 fully saturated rings. The summed E-state index contributed by atoms with van der Waals surface area (Å²) < 4.78 is 13.3. The van der Waals surface area contributed by atoms with Crippen LogP contribution in [0.15, 0.2) is 29.4 Å². The Morgan fingerprint density at radius 1 is 1.10 bits per heavy atom. The minimum Gasteiger partial charge on any atom is -0.483 e. The lowest BCUT2D eigenvalue weighted by Gasteiger charge is -2.16. The van der Waals surface area contributed by atoms with Gasteiger partial charge in [-0.3, -0.25) is 9.59 Å². The van der Waals surface area contributed by atoms with Crippen LogP contribution in [0.5, 0.6) is 5.75 Å². The first-order valence-corrected chi connectivity index (χ1v) is 14.5. The molecule has 0 bridgehead atoms. The van der Waals surface area contributed by atoms with E-state index >= 15 is 0 Å². The van der Waals surface area contributed by atoms with E-state index in [9.17, 15) is 14.4 Å². The highest BCUT2D eigenvalue weighted by Gasteiger charge is 2.27. The highest BCUT2D eigenvalue weighted by molar-refractivity contribution is 7.99. The van der Waals surface area contributed by atoms with E-state index in [0.29, 0.717) is 29.0 Å². The van der Waals surface area contributed by atoms with E-state index in [1.165, 1.54) is 17.3 Å². The monoisotopic (exact) mass is 573 g/mol. The fourth-order valence-electron chi connectivity index (χ4n) is 3.84. The second kappa shape index (κ2) is 13.1. The third-order valence-corrected chi connectivity index (χ3v) is 7.98. The molecule has 0 saturated carbocycles. The Morgan fingerprint density at radius 2 is 1.77 bits per heavy atom. The van der Waals surface area contributed by atoms with Gasteiger partial charge in [0, 0.05) is 6.54 Å². The summed E-state index contributed by atoms with van der Waals surface area (Å²) in [6, 6.07) is 7.98. The quantitative estimate of drug-likeness (QED) is 0.219. The Hall–Kier alpha value is -3.38. The fraction of sp³-hybridized carbons (Fsp3) is 0.444. The molecule has 0 aliphatic carbocycles. The van der Waals surface area contributed by atoms with Crippen LogP contribution in [-0.4, -0.2) is 44.4 Å². The van der Waals surface area contributed by atoms with Gasteiger partial charge in [-0.1, -0.05) is 37.7 Å². The predicted octanol–water partition coefficient (Wildman–Crippen LogP) is 5.33. The van der Waals surface area contributed by atoms with E-state index < -0.39 is 11.9 Å². The molecule has 210 valence electrons. The van der Waals surface area contributed by atoms with Crippen LogP contribution in [0.25, 0.3) is 0 Å². The third-order valence-electron chi connectivity index (χ3n) is 5.79. The van der Waals surface area contributed by atoms with Crippen molar-refractivity contribution in [2.45, 2.75) is 78.3 Å². The van der Waals surface area contributed by atoms with E-state index in [0.717, 1.165) is 17.1 Å². The van der Waals surface area contributed by atoms with Gasteiger partial charge in [-0.05, 0) is 63.8 Å². The van der Waals surface area contributed by atoms with Gasteiger partial charge in [0.25, 0.3) is 5.91 Å². The van der Waals surface area contributed by atoms with Gasteiger partial charge in [0.1, 0.15) is 10.8 Å². The molecular formula is C27H35N5O5S2. The van der Waals surface area contributed by atoms with Crippen molar-refractivity contribution in [3.63, 3.8) is 0 Å². The van der Waals surface area contributed by atoms with Gasteiger partial charge in [-0.15, -0.1) is 21.5 Å². The number of nitrogens with two attached hydrogens (primary N) is 1. The fourth-order valence-corrected chi connectivity index (χ4v) is 5.71. The zero-order chi connectivity index (χ0) is 28.9. The lowest BCUT2D eigenvalue weighted by atomic mass is 10.0. The highest BCUT2D eigenvalue weighted by Crippen LogP contribution is 2.34. The predicted molar refractivity (Wildman–Crippen MR) is 153 cm³/mol. The normalized spacial score (nSPS) is 12.0. The SMILES string of the molecule is CCn1c(SCC(=O)Nc2sc(C(N)=O)c(C)c2C(=O)OC(C)C)nnc1C(C)Oc1ccc(C(C)C)cc1. The van der Waals surface area contributed by atoms with Crippen LogP contribution >= 0.6 is 23.1 Å². The molecule has 1 aromatic carbocycles. The molecule has 2 amide bonds. The molecule has 10 nitrogen and oxygen atoms in total. The summed E-state index contributed by atoms with van der Waals surface area (Å²) in [5.74, 6) is 0.139. The summed E-state index contributed by atoms with van der Waals surface area (Å²) in [6.07, 6.45) is -0.727. The number of hydrogen-bond acceptors (Lipinski definition) is 9. The molecule has 1 atom stereocenters. The summed E-state index contributed by atoms with van der Waals surface area (Å²) >= 11 is 2.16. The summed E-state index contributed by atoms with van der Waals surface area (Å²) in [5.41, 5.74) is 7.21. The number of rotatable bonds is 12. The second-order valence-electron chi connectivity index (χ2n) is 9.48. The van der Waals surface area contributed by atoms with Crippen molar-refractivity contribution >= 4 is 45.9 Å². The number of carbonyl (C=O) groups is 3. The first kappa shape index (κ1) is 30.2. The molecule has 3 rings (SSSR count). The molecule has 3 aromatic rings. The Kier molecular flexibility index (Phi) is 10.1. The van der Waals surface area contributed by atoms with E-state index in [1.807, 2.05) is 42.7 Å². The number of thiophene rings is 1. The van der Waals surface area contributed by atoms with Crippen molar-refractivity contribution in [3.8, 4) is 5.75 Å². The number of nitrogens with one attached hydrogen (secondary N) is 1. The van der Waals surface area contributed by atoms with Gasteiger partial charge in [0.15, 0.2) is 17.1 Å². The maximum Gasteiger partial charge on any atom is 0.341 e. The zero-order valence-electron chi connectivity index (χ0n) is 23.2. The van der Waals surface area contributed by atoms with Gasteiger partial charge in [-0.2, -0.15) is 0 Å². The van der Waals surface area contributed by atoms with Crippen LogP contribution in [0.2, 0.25) is 0 Å². The molecule has 3 N–H and O–H groups in total. The van der Waals surface area contributed by atoms with Gasteiger partial charge in [0.05, 0.1) is 22.3 Å². The number of benzene rings is 1. The number of ether oxygens (including phenoxy) is 2. The second-order valence-corrected chi connectivity index (χ2v) is 11.4. The lowest BCUT2D eigenvalue weighted by Crippen LogP contribution is -2.18. The van der Waals surface area contributed by atoms with Crippen LogP contribution in [0.4, 0.5) is 5.00 Å². The van der Waals surface area contributed by atoms with E-state index in [2.05, 4.69) is 29.4 Å². The van der Waals surface area contributed by atoms with E-state index in [1.54, 1.807) is 20.8 Å². The first-order valence-electron chi connectivity index (χ1n) is 12.7. The van der Waals surface area contributed by atoms with Crippen molar-refractivity contribution in [2.24, 2.45) is 5.73 Å². The topological polar surface area (TPSA) is 138 Å². The molecule has 12 heteroatoms. The molecule has 0 aliphatic heterocycles. The van der Waals surface area contributed by atoms with E-state index in [4.69, 9.17) is 15.2 Å². The Bertz CT molecular complexity index is 1330. The van der Waals surface area contributed by atoms with Gasteiger partial charge in [-0.25, -0.2) is 4.79 Å². The number of amides is 2. The van der Waals surface area contributed by atoms with Gasteiger partial charge in [0.2, 0.25) is 5.91 Å². The maximum atomic E-state index is 12.9. The Balaban J connectivity index is 1.70. The smallest absolute Gasteiger partial charge is 0.341 e. The van der Waals surface area contributed by atoms with Crippen molar-refractivity contribution < 1.29 is 23.9 Å². The number of anilines is 1. The standard InChI is InChI=1S/C27H35N5O5S2/c1-8-32-24(17(7)37-19-11-9-18(10-12-19)14(2)3)30-31-27(32)38-13-20(33)29-25-21(26(35)36-15(4)5)16(6)22(39-25)23(28)34/h9-12,14-15,17H,8,13H2,1-7H3,(H2,28,34)(H,29,33). The van der Waals surface area contributed by atoms with Crippen molar-refractivity contribution in [1.82, 2.24) is 14.8 Å². The van der Waals surface area contributed by atoms with Crippen LogP contribution < -0.4 is 15.8 Å². The largest absolute Gasteiger partial charge is 0.483 e. The Labute approximate surface area is 236 Å². The molecule has 0 spiro atoms. The molecule has 0 saturated heterocycles. The molecular weight excluding hydrogens is 538 g/mol. The average Bonchev–Trinajstić information content (AvgIpc) is 3.43. The molecule has 0 radical (unpaired) electrons. The average molecular weight is 574 g/mol.